The van der Waals surface area contributed by atoms with E-state index in [4.69, 9.17) is 18.0 Å². The topological polar surface area (TPSA) is 50.9 Å². The number of thiocarbonyl (C=S) groups is 1. The summed E-state index contributed by atoms with van der Waals surface area (Å²) in [5, 5.41) is 3.32. The van der Waals surface area contributed by atoms with E-state index in [1.807, 2.05) is 19.1 Å². The lowest BCUT2D eigenvalue weighted by atomic mass is 10.1. The normalized spacial score (nSPS) is 10.3. The molecule has 0 aliphatic heterocycles. The summed E-state index contributed by atoms with van der Waals surface area (Å²) in [7, 11) is 0. The number of nitrogens with zero attached hydrogens (tertiary/aromatic N) is 1. The molecule has 1 heterocycles. The lowest BCUT2D eigenvalue weighted by Gasteiger charge is -2.11. The van der Waals surface area contributed by atoms with Gasteiger partial charge in [-0.15, -0.1) is 0 Å². The number of rotatable bonds is 5. The Bertz CT molecular complexity index is 623. The lowest BCUT2D eigenvalue weighted by Crippen LogP contribution is -2.16. The lowest BCUT2D eigenvalue weighted by molar-refractivity contribution is 0.997. The zero-order valence-electron chi connectivity index (χ0n) is 11.8. The van der Waals surface area contributed by atoms with E-state index in [1.54, 1.807) is 0 Å². The van der Waals surface area contributed by atoms with Gasteiger partial charge in [0.25, 0.3) is 0 Å². The Morgan fingerprint density at radius 3 is 2.75 bits per heavy atom. The number of nitrogens with two attached hydrogens (primary N) is 1. The van der Waals surface area contributed by atoms with Crippen LogP contribution in [0, 0.1) is 13.8 Å². The third kappa shape index (κ3) is 3.78. The van der Waals surface area contributed by atoms with Crippen molar-refractivity contribution >= 4 is 23.0 Å². The van der Waals surface area contributed by atoms with E-state index in [9.17, 15) is 0 Å². The molecule has 0 aliphatic carbocycles. The fourth-order valence-electron chi connectivity index (χ4n) is 2.08. The molecule has 20 heavy (non-hydrogen) atoms. The Morgan fingerprint density at radius 2 is 2.05 bits per heavy atom. The van der Waals surface area contributed by atoms with Crippen molar-refractivity contribution in [1.29, 1.82) is 0 Å². The molecule has 0 unspecified atom stereocenters. The summed E-state index contributed by atoms with van der Waals surface area (Å²) in [6.07, 6.45) is 0.939. The maximum atomic E-state index is 5.72. The van der Waals surface area contributed by atoms with Gasteiger partial charge in [0.1, 0.15) is 10.8 Å². The first-order valence-electron chi connectivity index (χ1n) is 6.63. The van der Waals surface area contributed by atoms with Crippen molar-refractivity contribution in [1.82, 2.24) is 4.98 Å². The predicted molar refractivity (Wildman–Crippen MR) is 88.2 cm³/mol. The van der Waals surface area contributed by atoms with Crippen LogP contribution in [-0.4, -0.2) is 16.5 Å². The molecule has 2 rings (SSSR count). The molecule has 0 bridgehead atoms. The summed E-state index contributed by atoms with van der Waals surface area (Å²) in [6.45, 7) is 4.86. The van der Waals surface area contributed by atoms with Gasteiger partial charge in [-0.25, -0.2) is 4.98 Å². The van der Waals surface area contributed by atoms with Crippen LogP contribution in [0.3, 0.4) is 0 Å². The number of aromatic nitrogens is 1. The van der Waals surface area contributed by atoms with Crippen LogP contribution in [0.2, 0.25) is 0 Å². The number of hydrogen-bond acceptors (Lipinski definition) is 3. The molecule has 0 saturated heterocycles. The fraction of sp³-hybridized carbons (Fsp3) is 0.250. The first kappa shape index (κ1) is 14.5. The van der Waals surface area contributed by atoms with E-state index in [-0.39, 0.29) is 0 Å². The van der Waals surface area contributed by atoms with Crippen molar-refractivity contribution in [3.63, 3.8) is 0 Å². The van der Waals surface area contributed by atoms with Crippen LogP contribution < -0.4 is 11.1 Å². The third-order valence-corrected chi connectivity index (χ3v) is 3.31. The second-order valence-electron chi connectivity index (χ2n) is 4.88. The number of nitrogens with one attached hydrogen (secondary N) is 1. The highest BCUT2D eigenvalue weighted by Gasteiger charge is 2.06. The largest absolute Gasteiger partial charge is 0.389 e. The molecule has 0 spiro atoms. The second-order valence-corrected chi connectivity index (χ2v) is 5.32. The molecule has 0 amide bonds. The van der Waals surface area contributed by atoms with Gasteiger partial charge in [-0.1, -0.05) is 42.0 Å². The van der Waals surface area contributed by atoms with Gasteiger partial charge in [0.05, 0.1) is 5.56 Å². The van der Waals surface area contributed by atoms with E-state index >= 15 is 0 Å². The van der Waals surface area contributed by atoms with Crippen LogP contribution in [0.5, 0.6) is 0 Å². The Labute approximate surface area is 125 Å². The zero-order chi connectivity index (χ0) is 14.5. The molecule has 104 valence electrons. The standard InChI is InChI=1S/C16H19N3S/c1-11-4-3-5-13(10-11)8-9-18-16-14(15(17)20)7-6-12(2)19-16/h3-7,10H,8-9H2,1-2H3,(H2,17,20)(H,18,19). The van der Waals surface area contributed by atoms with E-state index in [1.165, 1.54) is 11.1 Å². The Kier molecular flexibility index (Phi) is 4.69. The summed E-state index contributed by atoms with van der Waals surface area (Å²) in [4.78, 5) is 4.84. The molecule has 0 radical (unpaired) electrons. The molecule has 0 saturated carbocycles. The smallest absolute Gasteiger partial charge is 0.136 e. The molecule has 0 aliphatic rings. The number of pyridine rings is 1. The second kappa shape index (κ2) is 6.48. The predicted octanol–water partition coefficient (Wildman–Crippen LogP) is 2.99. The maximum Gasteiger partial charge on any atom is 0.136 e. The fourth-order valence-corrected chi connectivity index (χ4v) is 2.25. The minimum absolute atomic E-state index is 0.371. The van der Waals surface area contributed by atoms with Crippen molar-refractivity contribution < 1.29 is 0 Å². The van der Waals surface area contributed by atoms with Crippen LogP contribution in [-0.2, 0) is 6.42 Å². The summed E-state index contributed by atoms with van der Waals surface area (Å²) < 4.78 is 0. The summed E-state index contributed by atoms with van der Waals surface area (Å²) in [5.41, 5.74) is 10.1. The Hall–Kier alpha value is -1.94. The molecule has 2 aromatic rings. The van der Waals surface area contributed by atoms with E-state index in [0.29, 0.717) is 4.99 Å². The van der Waals surface area contributed by atoms with Crippen molar-refractivity contribution in [2.24, 2.45) is 5.73 Å². The van der Waals surface area contributed by atoms with Crippen LogP contribution in [0.25, 0.3) is 0 Å². The molecule has 4 heteroatoms. The molecule has 3 nitrogen and oxygen atoms in total. The number of anilines is 1. The SMILES string of the molecule is Cc1cccc(CCNc2nc(C)ccc2C(N)=S)c1. The molecular weight excluding hydrogens is 266 g/mol. The van der Waals surface area contributed by atoms with Crippen molar-refractivity contribution in [3.8, 4) is 0 Å². The zero-order valence-corrected chi connectivity index (χ0v) is 12.6. The monoisotopic (exact) mass is 285 g/mol. The van der Waals surface area contributed by atoms with Crippen molar-refractivity contribution in [3.05, 3.63) is 58.8 Å². The van der Waals surface area contributed by atoms with Gasteiger partial charge >= 0.3 is 0 Å². The van der Waals surface area contributed by atoms with Gasteiger partial charge in [0.2, 0.25) is 0 Å². The first-order chi connectivity index (χ1) is 9.56. The van der Waals surface area contributed by atoms with Gasteiger partial charge in [-0.05, 0) is 38.0 Å². The van der Waals surface area contributed by atoms with Gasteiger partial charge in [-0.2, -0.15) is 0 Å². The molecule has 1 aromatic heterocycles. The van der Waals surface area contributed by atoms with Gasteiger partial charge in [0.15, 0.2) is 0 Å². The molecular formula is C16H19N3S. The van der Waals surface area contributed by atoms with Crippen LogP contribution in [0.1, 0.15) is 22.4 Å². The molecule has 0 atom stereocenters. The average Bonchev–Trinajstić information content (AvgIpc) is 2.38. The Balaban J connectivity index is 2.04. The van der Waals surface area contributed by atoms with Crippen LogP contribution in [0.15, 0.2) is 36.4 Å². The van der Waals surface area contributed by atoms with Crippen molar-refractivity contribution in [2.45, 2.75) is 20.3 Å². The maximum absolute atomic E-state index is 5.72. The molecule has 3 N–H and O–H groups in total. The highest BCUT2D eigenvalue weighted by atomic mass is 32.1. The minimum atomic E-state index is 0.371. The van der Waals surface area contributed by atoms with Crippen molar-refractivity contribution in [2.75, 3.05) is 11.9 Å². The number of benzene rings is 1. The van der Waals surface area contributed by atoms with Gasteiger partial charge in [-0.3, -0.25) is 0 Å². The van der Waals surface area contributed by atoms with Crippen LogP contribution >= 0.6 is 12.2 Å². The van der Waals surface area contributed by atoms with E-state index in [0.717, 1.165) is 30.0 Å². The third-order valence-electron chi connectivity index (χ3n) is 3.09. The molecule has 1 aromatic carbocycles. The highest BCUT2D eigenvalue weighted by molar-refractivity contribution is 7.80. The minimum Gasteiger partial charge on any atom is -0.389 e. The van der Waals surface area contributed by atoms with E-state index < -0.39 is 0 Å². The average molecular weight is 285 g/mol. The summed E-state index contributed by atoms with van der Waals surface area (Å²) >= 11 is 5.05. The summed E-state index contributed by atoms with van der Waals surface area (Å²) in [6, 6.07) is 12.3. The van der Waals surface area contributed by atoms with Crippen LogP contribution in [0.4, 0.5) is 5.82 Å². The first-order valence-corrected chi connectivity index (χ1v) is 7.04. The highest BCUT2D eigenvalue weighted by Crippen LogP contribution is 2.14. The number of hydrogen-bond donors (Lipinski definition) is 2. The number of aryl methyl sites for hydroxylation is 2. The summed E-state index contributed by atoms with van der Waals surface area (Å²) in [5.74, 6) is 0.769. The van der Waals surface area contributed by atoms with Gasteiger partial charge in [0, 0.05) is 12.2 Å². The van der Waals surface area contributed by atoms with Gasteiger partial charge < -0.3 is 11.1 Å². The Morgan fingerprint density at radius 1 is 1.25 bits per heavy atom. The quantitative estimate of drug-likeness (QED) is 0.829. The molecule has 0 fully saturated rings. The van der Waals surface area contributed by atoms with E-state index in [2.05, 4.69) is 41.5 Å².